The average molecular weight is 316 g/mol. The fourth-order valence-electron chi connectivity index (χ4n) is 1.60. The van der Waals surface area contributed by atoms with Crippen molar-refractivity contribution in [3.8, 4) is 10.6 Å². The van der Waals surface area contributed by atoms with E-state index in [2.05, 4.69) is 15.5 Å². The van der Waals surface area contributed by atoms with E-state index < -0.39 is 5.82 Å². The van der Waals surface area contributed by atoms with E-state index in [4.69, 9.17) is 16.3 Å². The molecule has 0 bridgehead atoms. The number of aromatic nitrogens is 2. The molecule has 1 heterocycles. The molecule has 1 aromatic carbocycles. The summed E-state index contributed by atoms with van der Waals surface area (Å²) in [5.41, 5.74) is 0.785. The molecule has 0 aliphatic carbocycles. The Kier molecular flexibility index (Phi) is 5.85. The Morgan fingerprint density at radius 3 is 2.95 bits per heavy atom. The smallest absolute Gasteiger partial charge is 0.147 e. The highest BCUT2D eigenvalue weighted by Gasteiger charge is 2.08. The zero-order valence-corrected chi connectivity index (χ0v) is 12.6. The Morgan fingerprint density at radius 2 is 2.20 bits per heavy atom. The molecule has 0 amide bonds. The highest BCUT2D eigenvalue weighted by atomic mass is 35.5. The third-order valence-electron chi connectivity index (χ3n) is 2.63. The largest absolute Gasteiger partial charge is 0.383 e. The van der Waals surface area contributed by atoms with E-state index in [0.29, 0.717) is 6.61 Å². The minimum Gasteiger partial charge on any atom is -0.383 e. The molecule has 0 saturated heterocycles. The van der Waals surface area contributed by atoms with Crippen LogP contribution in [-0.4, -0.2) is 37.0 Å². The Balaban J connectivity index is 1.93. The van der Waals surface area contributed by atoms with E-state index in [1.165, 1.54) is 17.4 Å². The van der Waals surface area contributed by atoms with Gasteiger partial charge in [-0.2, -0.15) is 0 Å². The molecular weight excluding hydrogens is 301 g/mol. The molecule has 20 heavy (non-hydrogen) atoms. The number of rotatable bonds is 7. The summed E-state index contributed by atoms with van der Waals surface area (Å²) < 4.78 is 18.1. The summed E-state index contributed by atoms with van der Waals surface area (Å²) in [4.78, 5) is 0. The molecular formula is C13H15ClFN3OS. The lowest BCUT2D eigenvalue weighted by Crippen LogP contribution is -2.21. The van der Waals surface area contributed by atoms with Crippen LogP contribution >= 0.6 is 22.9 Å². The second-order valence-corrected chi connectivity index (χ2v) is 5.59. The van der Waals surface area contributed by atoms with Gasteiger partial charge in [-0.3, -0.25) is 0 Å². The first-order valence-electron chi connectivity index (χ1n) is 6.18. The molecule has 2 rings (SSSR count). The molecule has 0 atom stereocenters. The van der Waals surface area contributed by atoms with E-state index in [1.807, 2.05) is 0 Å². The van der Waals surface area contributed by atoms with Crippen LogP contribution in [0.1, 0.15) is 5.01 Å². The van der Waals surface area contributed by atoms with E-state index in [0.717, 1.165) is 35.1 Å². The van der Waals surface area contributed by atoms with Crippen molar-refractivity contribution in [1.82, 2.24) is 15.5 Å². The zero-order chi connectivity index (χ0) is 14.4. The second kappa shape index (κ2) is 7.64. The fraction of sp³-hybridized carbons (Fsp3) is 0.385. The number of nitrogens with one attached hydrogen (secondary N) is 1. The lowest BCUT2D eigenvalue weighted by atomic mass is 10.2. The van der Waals surface area contributed by atoms with Gasteiger partial charge in [0.1, 0.15) is 15.8 Å². The first kappa shape index (κ1) is 15.3. The molecule has 4 nitrogen and oxygen atoms in total. The van der Waals surface area contributed by atoms with Gasteiger partial charge in [0, 0.05) is 32.2 Å². The maximum absolute atomic E-state index is 13.1. The SMILES string of the molecule is COCCNCCc1nnc(-c2ccc(F)c(Cl)c2)s1. The predicted octanol–water partition coefficient (Wildman–Crippen LogP) is 2.78. The molecule has 0 aliphatic rings. The lowest BCUT2D eigenvalue weighted by molar-refractivity contribution is 0.199. The quantitative estimate of drug-likeness (QED) is 0.798. The molecule has 2 aromatic rings. The van der Waals surface area contributed by atoms with Crippen molar-refractivity contribution in [1.29, 1.82) is 0 Å². The van der Waals surface area contributed by atoms with Crippen molar-refractivity contribution in [3.05, 3.63) is 34.0 Å². The first-order chi connectivity index (χ1) is 9.70. The summed E-state index contributed by atoms with van der Waals surface area (Å²) in [5.74, 6) is -0.428. The van der Waals surface area contributed by atoms with Crippen LogP contribution in [0.15, 0.2) is 18.2 Å². The topological polar surface area (TPSA) is 47.0 Å². The van der Waals surface area contributed by atoms with Crippen molar-refractivity contribution in [2.24, 2.45) is 0 Å². The minimum absolute atomic E-state index is 0.0977. The first-order valence-corrected chi connectivity index (χ1v) is 7.37. The molecule has 1 N–H and O–H groups in total. The minimum atomic E-state index is -0.428. The van der Waals surface area contributed by atoms with Gasteiger partial charge < -0.3 is 10.1 Å². The van der Waals surface area contributed by atoms with E-state index in [1.54, 1.807) is 19.2 Å². The van der Waals surface area contributed by atoms with Gasteiger partial charge in [-0.1, -0.05) is 22.9 Å². The Morgan fingerprint density at radius 1 is 1.35 bits per heavy atom. The van der Waals surface area contributed by atoms with E-state index in [-0.39, 0.29) is 5.02 Å². The van der Waals surface area contributed by atoms with Crippen LogP contribution in [-0.2, 0) is 11.2 Å². The highest BCUT2D eigenvalue weighted by molar-refractivity contribution is 7.14. The molecule has 0 radical (unpaired) electrons. The Bertz CT molecular complexity index is 564. The monoisotopic (exact) mass is 315 g/mol. The average Bonchev–Trinajstić information content (AvgIpc) is 2.90. The van der Waals surface area contributed by atoms with Gasteiger partial charge in [-0.05, 0) is 18.2 Å². The summed E-state index contributed by atoms with van der Waals surface area (Å²) in [6.45, 7) is 2.33. The van der Waals surface area contributed by atoms with Crippen LogP contribution in [0, 0.1) is 5.82 Å². The molecule has 0 fully saturated rings. The zero-order valence-electron chi connectivity index (χ0n) is 11.0. The van der Waals surface area contributed by atoms with Gasteiger partial charge in [-0.15, -0.1) is 10.2 Å². The summed E-state index contributed by atoms with van der Waals surface area (Å²) in [6, 6.07) is 4.56. The lowest BCUT2D eigenvalue weighted by Gasteiger charge is -2.00. The summed E-state index contributed by atoms with van der Waals surface area (Å²) in [6.07, 6.45) is 0.802. The van der Waals surface area contributed by atoms with Crippen LogP contribution in [0.25, 0.3) is 10.6 Å². The van der Waals surface area contributed by atoms with Gasteiger partial charge in [-0.25, -0.2) is 4.39 Å². The number of methoxy groups -OCH3 is 1. The number of hydrogen-bond donors (Lipinski definition) is 1. The molecule has 7 heteroatoms. The van der Waals surface area contributed by atoms with Gasteiger partial charge >= 0.3 is 0 Å². The molecule has 0 aliphatic heterocycles. The maximum atomic E-state index is 13.1. The Hall–Kier alpha value is -1.08. The van der Waals surface area contributed by atoms with Crippen molar-refractivity contribution in [3.63, 3.8) is 0 Å². The van der Waals surface area contributed by atoms with E-state index in [9.17, 15) is 4.39 Å². The predicted molar refractivity (Wildman–Crippen MR) is 78.8 cm³/mol. The molecule has 0 saturated carbocycles. The maximum Gasteiger partial charge on any atom is 0.147 e. The normalized spacial score (nSPS) is 10.9. The molecule has 108 valence electrons. The van der Waals surface area contributed by atoms with Crippen LogP contribution in [0.5, 0.6) is 0 Å². The van der Waals surface area contributed by atoms with E-state index >= 15 is 0 Å². The molecule has 0 unspecified atom stereocenters. The number of benzene rings is 1. The van der Waals surface area contributed by atoms with Gasteiger partial charge in [0.2, 0.25) is 0 Å². The third kappa shape index (κ3) is 4.21. The Labute approximate surface area is 125 Å². The van der Waals surface area contributed by atoms with Gasteiger partial charge in [0.05, 0.1) is 11.6 Å². The van der Waals surface area contributed by atoms with Crippen molar-refractivity contribution in [2.45, 2.75) is 6.42 Å². The van der Waals surface area contributed by atoms with Crippen molar-refractivity contribution < 1.29 is 9.13 Å². The standard InChI is InChI=1S/C13H15ClFN3OS/c1-19-7-6-16-5-4-12-17-18-13(20-12)9-2-3-11(15)10(14)8-9/h2-3,8,16H,4-7H2,1H3. The molecule has 0 spiro atoms. The van der Waals surface area contributed by atoms with Crippen molar-refractivity contribution in [2.75, 3.05) is 26.8 Å². The van der Waals surface area contributed by atoms with Gasteiger partial charge in [0.15, 0.2) is 0 Å². The third-order valence-corrected chi connectivity index (χ3v) is 3.95. The van der Waals surface area contributed by atoms with Crippen LogP contribution in [0.3, 0.4) is 0 Å². The van der Waals surface area contributed by atoms with Gasteiger partial charge in [0.25, 0.3) is 0 Å². The van der Waals surface area contributed by atoms with Crippen LogP contribution in [0.4, 0.5) is 4.39 Å². The van der Waals surface area contributed by atoms with Crippen molar-refractivity contribution >= 4 is 22.9 Å². The fourth-order valence-corrected chi connectivity index (χ4v) is 2.61. The number of halogens is 2. The summed E-state index contributed by atoms with van der Waals surface area (Å²) >= 11 is 7.25. The second-order valence-electron chi connectivity index (χ2n) is 4.12. The van der Waals surface area contributed by atoms with Crippen LogP contribution in [0.2, 0.25) is 5.02 Å². The highest BCUT2D eigenvalue weighted by Crippen LogP contribution is 2.27. The summed E-state index contributed by atoms with van der Waals surface area (Å²) in [5, 5.41) is 13.3. The number of hydrogen-bond acceptors (Lipinski definition) is 5. The number of ether oxygens (including phenoxy) is 1. The van der Waals surface area contributed by atoms with Crippen LogP contribution < -0.4 is 5.32 Å². The molecule has 1 aromatic heterocycles. The summed E-state index contributed by atoms with van der Waals surface area (Å²) in [7, 11) is 1.67. The number of nitrogens with zero attached hydrogens (tertiary/aromatic N) is 2.